The predicted octanol–water partition coefficient (Wildman–Crippen LogP) is 3.68. The third-order valence-corrected chi connectivity index (χ3v) is 7.39. The van der Waals surface area contributed by atoms with Crippen LogP contribution in [-0.2, 0) is 7.05 Å². The molecule has 0 radical (unpaired) electrons. The van der Waals surface area contributed by atoms with E-state index in [2.05, 4.69) is 5.32 Å². The lowest BCUT2D eigenvalue weighted by molar-refractivity contribution is 0.0827. The van der Waals surface area contributed by atoms with Crippen molar-refractivity contribution in [3.8, 4) is 5.69 Å². The molecule has 9 nitrogen and oxygen atoms in total. The molecule has 1 amide bonds. The third kappa shape index (κ3) is 4.24. The summed E-state index contributed by atoms with van der Waals surface area (Å²) in [4.78, 5) is 54.8. The maximum absolute atomic E-state index is 14.8. The molecule has 1 N–H and O–H groups in total. The zero-order chi connectivity index (χ0) is 27.5. The number of nitrogens with zero attached hydrogens (tertiary/aromatic N) is 4. The van der Waals surface area contributed by atoms with Gasteiger partial charge in [-0.1, -0.05) is 0 Å². The van der Waals surface area contributed by atoms with Crippen LogP contribution in [0.25, 0.3) is 16.6 Å². The zero-order valence-corrected chi connectivity index (χ0v) is 23.4. The molecule has 0 spiro atoms. The van der Waals surface area contributed by atoms with E-state index in [-0.39, 0.29) is 39.9 Å². The molecule has 2 heterocycles. The Hall–Kier alpha value is -3.74. The SMILES string of the molecule is Cc1c(=O)n(C)c(Nc2ccc(I)cc2F)c2c(=O)n(C3CC3)c(=O)n(-c3ccc(C(=O)N(C)C)cc3)c12. The number of aromatic nitrogens is 3. The van der Waals surface area contributed by atoms with Gasteiger partial charge in [0, 0.05) is 41.9 Å². The van der Waals surface area contributed by atoms with Gasteiger partial charge in [-0.3, -0.25) is 28.1 Å². The van der Waals surface area contributed by atoms with Crippen LogP contribution < -0.4 is 22.1 Å². The lowest BCUT2D eigenvalue weighted by Crippen LogP contribution is -2.41. The molecule has 38 heavy (non-hydrogen) atoms. The van der Waals surface area contributed by atoms with Gasteiger partial charge in [-0.2, -0.15) is 0 Å². The van der Waals surface area contributed by atoms with Gasteiger partial charge in [-0.25, -0.2) is 9.18 Å². The van der Waals surface area contributed by atoms with E-state index in [1.165, 1.54) is 37.8 Å². The van der Waals surface area contributed by atoms with Crippen molar-refractivity contribution in [1.29, 1.82) is 0 Å². The quantitative estimate of drug-likeness (QED) is 0.340. The lowest BCUT2D eigenvalue weighted by Gasteiger charge is -2.21. The Kier molecular flexibility index (Phi) is 6.49. The highest BCUT2D eigenvalue weighted by Crippen LogP contribution is 2.34. The number of hydrogen-bond acceptors (Lipinski definition) is 5. The summed E-state index contributed by atoms with van der Waals surface area (Å²) in [5.74, 6) is -0.661. The van der Waals surface area contributed by atoms with Gasteiger partial charge in [0.05, 0.1) is 16.9 Å². The van der Waals surface area contributed by atoms with Crippen molar-refractivity contribution < 1.29 is 9.18 Å². The summed E-state index contributed by atoms with van der Waals surface area (Å²) in [5, 5.41) is 3.05. The number of fused-ring (bicyclic) bond motifs is 1. The number of halogens is 2. The molecule has 1 aliphatic carbocycles. The van der Waals surface area contributed by atoms with Crippen molar-refractivity contribution in [2.24, 2.45) is 7.05 Å². The van der Waals surface area contributed by atoms with Crippen LogP contribution >= 0.6 is 22.6 Å². The van der Waals surface area contributed by atoms with Gasteiger partial charge >= 0.3 is 5.69 Å². The summed E-state index contributed by atoms with van der Waals surface area (Å²) in [6.07, 6.45) is 1.35. The lowest BCUT2D eigenvalue weighted by atomic mass is 10.1. The monoisotopic (exact) mass is 629 g/mol. The van der Waals surface area contributed by atoms with Crippen molar-refractivity contribution in [1.82, 2.24) is 18.6 Å². The van der Waals surface area contributed by atoms with E-state index in [4.69, 9.17) is 0 Å². The van der Waals surface area contributed by atoms with E-state index in [0.29, 0.717) is 27.7 Å². The van der Waals surface area contributed by atoms with E-state index in [1.54, 1.807) is 51.4 Å². The van der Waals surface area contributed by atoms with Crippen LogP contribution in [0.3, 0.4) is 0 Å². The fraction of sp³-hybridized carbons (Fsp3) is 0.259. The molecular formula is C27H25FIN5O4. The summed E-state index contributed by atoms with van der Waals surface area (Å²) in [6.45, 7) is 1.56. The predicted molar refractivity (Wildman–Crippen MR) is 152 cm³/mol. The molecule has 2 aromatic heterocycles. The maximum Gasteiger partial charge on any atom is 0.336 e. The first-order chi connectivity index (χ1) is 18.0. The first-order valence-electron chi connectivity index (χ1n) is 12.0. The molecule has 1 saturated carbocycles. The molecule has 0 saturated heterocycles. The Morgan fingerprint density at radius 3 is 2.29 bits per heavy atom. The molecule has 0 aliphatic heterocycles. The molecule has 11 heteroatoms. The molecule has 2 aromatic carbocycles. The fourth-order valence-electron chi connectivity index (χ4n) is 4.58. The standard InChI is InChI=1S/C27H25FIN5O4/c1-14-22-21(23(32(4)24(14)35)30-20-12-7-16(29)13-19(20)28)26(37)34(18-10-11-18)27(38)33(22)17-8-5-15(6-9-17)25(36)31(2)3/h5-9,12-13,18,30H,10-11H2,1-4H3. The van der Waals surface area contributed by atoms with Crippen LogP contribution in [0.4, 0.5) is 15.9 Å². The van der Waals surface area contributed by atoms with Crippen LogP contribution in [0.2, 0.25) is 0 Å². The van der Waals surface area contributed by atoms with Crippen molar-refractivity contribution in [3.63, 3.8) is 0 Å². The van der Waals surface area contributed by atoms with Gasteiger partial charge in [-0.15, -0.1) is 0 Å². The second-order valence-electron chi connectivity index (χ2n) is 9.58. The number of pyridine rings is 1. The summed E-state index contributed by atoms with van der Waals surface area (Å²) in [5.41, 5.74) is -0.311. The molecule has 0 atom stereocenters. The number of aryl methyl sites for hydroxylation is 1. The average molecular weight is 629 g/mol. The maximum atomic E-state index is 14.8. The minimum absolute atomic E-state index is 0.0864. The van der Waals surface area contributed by atoms with Gasteiger partial charge in [0.1, 0.15) is 17.0 Å². The Morgan fingerprint density at radius 2 is 1.71 bits per heavy atom. The third-order valence-electron chi connectivity index (χ3n) is 6.72. The second-order valence-corrected chi connectivity index (χ2v) is 10.8. The number of carbonyl (C=O) groups is 1. The molecule has 1 fully saturated rings. The molecule has 0 bridgehead atoms. The van der Waals surface area contributed by atoms with Gasteiger partial charge in [-0.05, 0) is 84.8 Å². The second kappa shape index (κ2) is 9.53. The largest absolute Gasteiger partial charge is 0.345 e. The topological polar surface area (TPSA) is 98.3 Å². The number of benzene rings is 2. The Bertz CT molecular complexity index is 1800. The summed E-state index contributed by atoms with van der Waals surface area (Å²) in [6, 6.07) is 10.7. The molecule has 196 valence electrons. The summed E-state index contributed by atoms with van der Waals surface area (Å²) < 4.78 is 19.3. The van der Waals surface area contributed by atoms with E-state index in [1.807, 2.05) is 22.6 Å². The number of hydrogen-bond donors (Lipinski definition) is 1. The number of carbonyl (C=O) groups excluding carboxylic acids is 1. The number of anilines is 2. The van der Waals surface area contributed by atoms with Crippen LogP contribution in [0.15, 0.2) is 56.8 Å². The molecular weight excluding hydrogens is 604 g/mol. The number of amides is 1. The van der Waals surface area contributed by atoms with E-state index in [0.717, 1.165) is 0 Å². The van der Waals surface area contributed by atoms with Crippen LogP contribution in [0.1, 0.15) is 34.8 Å². The minimum Gasteiger partial charge on any atom is -0.345 e. The highest BCUT2D eigenvalue weighted by atomic mass is 127. The van der Waals surface area contributed by atoms with Gasteiger partial charge in [0.25, 0.3) is 17.0 Å². The van der Waals surface area contributed by atoms with Crippen LogP contribution in [0, 0.1) is 16.3 Å². The zero-order valence-electron chi connectivity index (χ0n) is 21.2. The first kappa shape index (κ1) is 25.9. The van der Waals surface area contributed by atoms with Gasteiger partial charge < -0.3 is 10.2 Å². The molecule has 5 rings (SSSR count). The van der Waals surface area contributed by atoms with E-state index in [9.17, 15) is 23.6 Å². The minimum atomic E-state index is -0.570. The first-order valence-corrected chi connectivity index (χ1v) is 13.0. The summed E-state index contributed by atoms with van der Waals surface area (Å²) >= 11 is 1.99. The van der Waals surface area contributed by atoms with Crippen molar-refractivity contribution >= 4 is 50.9 Å². The molecule has 4 aromatic rings. The normalized spacial score (nSPS) is 13.1. The Morgan fingerprint density at radius 1 is 1.05 bits per heavy atom. The summed E-state index contributed by atoms with van der Waals surface area (Å²) in [7, 11) is 4.79. The van der Waals surface area contributed by atoms with Crippen molar-refractivity contribution in [2.75, 3.05) is 19.4 Å². The molecule has 1 aliphatic rings. The van der Waals surface area contributed by atoms with Crippen LogP contribution in [-0.4, -0.2) is 38.6 Å². The van der Waals surface area contributed by atoms with Crippen molar-refractivity contribution in [2.45, 2.75) is 25.8 Å². The van der Waals surface area contributed by atoms with Gasteiger partial charge in [0.2, 0.25) is 0 Å². The number of nitrogens with one attached hydrogen (secondary N) is 1. The Balaban J connectivity index is 1.86. The fourth-order valence-corrected chi connectivity index (χ4v) is 5.04. The van der Waals surface area contributed by atoms with E-state index >= 15 is 0 Å². The van der Waals surface area contributed by atoms with Crippen LogP contribution in [0.5, 0.6) is 0 Å². The number of rotatable bonds is 5. The van der Waals surface area contributed by atoms with Crippen molar-refractivity contribution in [3.05, 3.63) is 94.2 Å². The van der Waals surface area contributed by atoms with Gasteiger partial charge in [0.15, 0.2) is 0 Å². The molecule has 0 unspecified atom stereocenters. The highest BCUT2D eigenvalue weighted by Gasteiger charge is 2.31. The highest BCUT2D eigenvalue weighted by molar-refractivity contribution is 14.1. The Labute approximate surface area is 230 Å². The average Bonchev–Trinajstić information content (AvgIpc) is 3.71. The van der Waals surface area contributed by atoms with E-state index < -0.39 is 22.6 Å². The smallest absolute Gasteiger partial charge is 0.336 e.